The molecule has 1 atom stereocenters. The second kappa shape index (κ2) is 5.55. The highest BCUT2D eigenvalue weighted by Gasteiger charge is 2.16. The van der Waals surface area contributed by atoms with Crippen molar-refractivity contribution in [1.82, 2.24) is 0 Å². The summed E-state index contributed by atoms with van der Waals surface area (Å²) in [6.45, 7) is 4.17. The second-order valence-electron chi connectivity index (χ2n) is 4.64. The van der Waals surface area contributed by atoms with E-state index in [0.717, 1.165) is 17.7 Å². The first-order valence-corrected chi connectivity index (χ1v) is 6.98. The third kappa shape index (κ3) is 2.74. The Labute approximate surface area is 112 Å². The quantitative estimate of drug-likeness (QED) is 0.912. The van der Waals surface area contributed by atoms with E-state index in [4.69, 9.17) is 10.5 Å². The molecule has 0 aliphatic heterocycles. The molecule has 0 saturated carbocycles. The van der Waals surface area contributed by atoms with Crippen molar-refractivity contribution in [2.75, 3.05) is 7.11 Å². The van der Waals surface area contributed by atoms with Gasteiger partial charge in [0.05, 0.1) is 7.11 Å². The molecule has 0 amide bonds. The van der Waals surface area contributed by atoms with Crippen LogP contribution in [0.25, 0.3) is 0 Å². The Bertz CT molecular complexity index is 520. The molecule has 0 aliphatic rings. The van der Waals surface area contributed by atoms with Gasteiger partial charge in [0.15, 0.2) is 0 Å². The van der Waals surface area contributed by atoms with Gasteiger partial charge in [-0.1, -0.05) is 6.07 Å². The Balaban J connectivity index is 2.31. The van der Waals surface area contributed by atoms with Crippen LogP contribution in [-0.2, 0) is 6.42 Å². The Morgan fingerprint density at radius 2 is 2.11 bits per heavy atom. The van der Waals surface area contributed by atoms with Crippen LogP contribution in [0.2, 0.25) is 0 Å². The highest BCUT2D eigenvalue weighted by atomic mass is 32.1. The van der Waals surface area contributed by atoms with Crippen molar-refractivity contribution >= 4 is 11.3 Å². The van der Waals surface area contributed by atoms with Crippen molar-refractivity contribution in [3.8, 4) is 5.75 Å². The lowest BCUT2D eigenvalue weighted by Gasteiger charge is -2.18. The number of thiophene rings is 1. The van der Waals surface area contributed by atoms with Crippen molar-refractivity contribution in [2.45, 2.75) is 26.3 Å². The van der Waals surface area contributed by atoms with Crippen molar-refractivity contribution in [3.05, 3.63) is 51.2 Å². The number of nitrogens with two attached hydrogens (primary N) is 1. The lowest BCUT2D eigenvalue weighted by Crippen LogP contribution is -2.15. The van der Waals surface area contributed by atoms with Gasteiger partial charge >= 0.3 is 0 Å². The van der Waals surface area contributed by atoms with Crippen LogP contribution in [-0.4, -0.2) is 7.11 Å². The number of hydrogen-bond acceptors (Lipinski definition) is 3. The van der Waals surface area contributed by atoms with Crippen LogP contribution < -0.4 is 10.5 Å². The first-order chi connectivity index (χ1) is 8.61. The van der Waals surface area contributed by atoms with Gasteiger partial charge in [0.2, 0.25) is 0 Å². The highest BCUT2D eigenvalue weighted by Crippen LogP contribution is 2.30. The molecule has 96 valence electrons. The van der Waals surface area contributed by atoms with E-state index in [1.165, 1.54) is 16.7 Å². The van der Waals surface area contributed by atoms with Crippen LogP contribution in [0.3, 0.4) is 0 Å². The van der Waals surface area contributed by atoms with Crippen LogP contribution in [0.1, 0.15) is 28.3 Å². The predicted octanol–water partition coefficient (Wildman–Crippen LogP) is 3.62. The number of aryl methyl sites for hydroxylation is 2. The average Bonchev–Trinajstić information content (AvgIpc) is 2.80. The summed E-state index contributed by atoms with van der Waals surface area (Å²) in [7, 11) is 1.70. The van der Waals surface area contributed by atoms with Crippen LogP contribution in [0.5, 0.6) is 5.75 Å². The van der Waals surface area contributed by atoms with E-state index < -0.39 is 0 Å². The van der Waals surface area contributed by atoms with E-state index in [1.807, 2.05) is 0 Å². The Morgan fingerprint density at radius 3 is 2.72 bits per heavy atom. The van der Waals surface area contributed by atoms with E-state index in [-0.39, 0.29) is 6.04 Å². The maximum atomic E-state index is 6.34. The first kappa shape index (κ1) is 13.1. The van der Waals surface area contributed by atoms with Gasteiger partial charge in [-0.05, 0) is 59.9 Å². The number of benzene rings is 1. The number of hydrogen-bond donors (Lipinski definition) is 1. The van der Waals surface area contributed by atoms with Gasteiger partial charge in [-0.3, -0.25) is 0 Å². The van der Waals surface area contributed by atoms with E-state index in [9.17, 15) is 0 Å². The topological polar surface area (TPSA) is 35.2 Å². The van der Waals surface area contributed by atoms with Crippen molar-refractivity contribution in [1.29, 1.82) is 0 Å². The molecule has 0 saturated heterocycles. The van der Waals surface area contributed by atoms with Crippen molar-refractivity contribution in [2.24, 2.45) is 5.73 Å². The summed E-state index contributed by atoms with van der Waals surface area (Å²) in [5, 5.41) is 4.23. The molecular formula is C15H19NOS. The van der Waals surface area contributed by atoms with Crippen molar-refractivity contribution in [3.63, 3.8) is 0 Å². The fourth-order valence-electron chi connectivity index (χ4n) is 2.35. The molecule has 2 rings (SSSR count). The summed E-state index contributed by atoms with van der Waals surface area (Å²) < 4.78 is 5.47. The molecule has 0 spiro atoms. The Kier molecular flexibility index (Phi) is 4.04. The lowest BCUT2D eigenvalue weighted by molar-refractivity contribution is 0.404. The molecule has 1 heterocycles. The van der Waals surface area contributed by atoms with Crippen LogP contribution in [0.15, 0.2) is 29.0 Å². The molecule has 0 bridgehead atoms. The molecule has 3 heteroatoms. The van der Waals surface area contributed by atoms with Gasteiger partial charge in [-0.2, -0.15) is 11.3 Å². The molecule has 2 N–H and O–H groups in total. The summed E-state index contributed by atoms with van der Waals surface area (Å²) in [5.74, 6) is 0.898. The van der Waals surface area contributed by atoms with E-state index in [0.29, 0.717) is 0 Å². The zero-order chi connectivity index (χ0) is 13.1. The van der Waals surface area contributed by atoms with Gasteiger partial charge in [0.25, 0.3) is 0 Å². The summed E-state index contributed by atoms with van der Waals surface area (Å²) in [4.78, 5) is 0. The van der Waals surface area contributed by atoms with Gasteiger partial charge in [0.1, 0.15) is 5.75 Å². The molecule has 1 aromatic heterocycles. The number of methoxy groups -OCH3 is 1. The fourth-order valence-corrected chi connectivity index (χ4v) is 3.03. The van der Waals surface area contributed by atoms with Crippen LogP contribution in [0, 0.1) is 13.8 Å². The summed E-state index contributed by atoms with van der Waals surface area (Å²) in [6.07, 6.45) is 0.851. The van der Waals surface area contributed by atoms with E-state index in [2.05, 4.69) is 42.8 Å². The minimum Gasteiger partial charge on any atom is -0.496 e. The molecular weight excluding hydrogens is 242 g/mol. The molecule has 0 aliphatic carbocycles. The van der Waals surface area contributed by atoms with E-state index >= 15 is 0 Å². The average molecular weight is 261 g/mol. The zero-order valence-electron chi connectivity index (χ0n) is 11.1. The number of ether oxygens (including phenoxy) is 1. The standard InChI is InChI=1S/C15H19NOS/c1-10-6-11(2)15(14(7-10)17-3)13(16)8-12-4-5-18-9-12/h4-7,9,13H,8,16H2,1-3H3. The normalized spacial score (nSPS) is 12.4. The summed E-state index contributed by atoms with van der Waals surface area (Å²) >= 11 is 1.71. The molecule has 2 nitrogen and oxygen atoms in total. The van der Waals surface area contributed by atoms with Gasteiger partial charge in [0, 0.05) is 11.6 Å². The van der Waals surface area contributed by atoms with Gasteiger partial charge < -0.3 is 10.5 Å². The van der Waals surface area contributed by atoms with Crippen LogP contribution in [0.4, 0.5) is 0 Å². The Hall–Kier alpha value is -1.32. The van der Waals surface area contributed by atoms with Gasteiger partial charge in [-0.25, -0.2) is 0 Å². The van der Waals surface area contributed by atoms with Gasteiger partial charge in [-0.15, -0.1) is 0 Å². The molecule has 0 fully saturated rings. The molecule has 18 heavy (non-hydrogen) atoms. The fraction of sp³-hybridized carbons (Fsp3) is 0.333. The lowest BCUT2D eigenvalue weighted by atomic mass is 9.94. The Morgan fingerprint density at radius 1 is 1.33 bits per heavy atom. The summed E-state index contributed by atoms with van der Waals surface area (Å²) in [5.41, 5.74) is 11.2. The molecule has 2 aromatic rings. The maximum Gasteiger partial charge on any atom is 0.124 e. The van der Waals surface area contributed by atoms with E-state index in [1.54, 1.807) is 18.4 Å². The third-order valence-electron chi connectivity index (χ3n) is 3.12. The molecule has 1 aromatic carbocycles. The minimum absolute atomic E-state index is 0.0184. The third-order valence-corrected chi connectivity index (χ3v) is 3.85. The summed E-state index contributed by atoms with van der Waals surface area (Å²) in [6, 6.07) is 6.32. The monoisotopic (exact) mass is 261 g/mol. The zero-order valence-corrected chi connectivity index (χ0v) is 11.9. The maximum absolute atomic E-state index is 6.34. The number of rotatable bonds is 4. The smallest absolute Gasteiger partial charge is 0.124 e. The van der Waals surface area contributed by atoms with Crippen molar-refractivity contribution < 1.29 is 4.74 Å². The predicted molar refractivity (Wildman–Crippen MR) is 77.4 cm³/mol. The first-order valence-electron chi connectivity index (χ1n) is 6.03. The van der Waals surface area contributed by atoms with Crippen LogP contribution >= 0.6 is 11.3 Å². The highest BCUT2D eigenvalue weighted by molar-refractivity contribution is 7.07. The molecule has 1 unspecified atom stereocenters. The molecule has 0 radical (unpaired) electrons. The minimum atomic E-state index is -0.0184. The second-order valence-corrected chi connectivity index (χ2v) is 5.42. The largest absolute Gasteiger partial charge is 0.496 e. The SMILES string of the molecule is COc1cc(C)cc(C)c1C(N)Cc1ccsc1.